The Morgan fingerprint density at radius 1 is 1.02 bits per heavy atom. The molecule has 7 rings (SSSR count). The van der Waals surface area contributed by atoms with Crippen LogP contribution in [0.1, 0.15) is 55.1 Å². The minimum absolute atomic E-state index is 0.0937. The lowest BCUT2D eigenvalue weighted by Crippen LogP contribution is -2.38. The summed E-state index contributed by atoms with van der Waals surface area (Å²) in [5, 5.41) is 0.724. The molecule has 1 saturated heterocycles. The SMILES string of the molecule is CC(C1CCN(C)CC1)n1cnc2cc(C3=CC(C)(S(=O)(=O)n4cc(-c5ccc(C(=O)N(C)C)cc5)c5cccnc54)CC=C3)ccc21. The highest BCUT2D eigenvalue weighted by Gasteiger charge is 2.41. The van der Waals surface area contributed by atoms with Crippen molar-refractivity contribution in [1.29, 1.82) is 0 Å². The lowest BCUT2D eigenvalue weighted by molar-refractivity contribution is 0.0827. The molecule has 3 aromatic heterocycles. The largest absolute Gasteiger partial charge is 0.345 e. The molecule has 248 valence electrons. The Bertz CT molecular complexity index is 2190. The smallest absolute Gasteiger partial charge is 0.253 e. The summed E-state index contributed by atoms with van der Waals surface area (Å²) in [7, 11) is 1.64. The Morgan fingerprint density at radius 2 is 1.75 bits per heavy atom. The summed E-state index contributed by atoms with van der Waals surface area (Å²) >= 11 is 0. The highest BCUT2D eigenvalue weighted by Crippen LogP contribution is 2.39. The molecule has 1 amide bonds. The molecule has 0 spiro atoms. The maximum atomic E-state index is 14.6. The lowest BCUT2D eigenvalue weighted by atomic mass is 9.90. The number of imidazole rings is 1. The predicted octanol–water partition coefficient (Wildman–Crippen LogP) is 6.64. The number of rotatable bonds is 7. The Balaban J connectivity index is 1.22. The number of amides is 1. The fraction of sp³-hybridized carbons (Fsp3) is 0.342. The molecule has 2 aromatic carbocycles. The maximum absolute atomic E-state index is 14.6. The van der Waals surface area contributed by atoms with E-state index in [2.05, 4.69) is 46.6 Å². The molecule has 1 aliphatic heterocycles. The molecule has 2 atom stereocenters. The molecular formula is C38H42N6O3S. The van der Waals surface area contributed by atoms with Gasteiger partial charge >= 0.3 is 0 Å². The Labute approximate surface area is 282 Å². The molecule has 0 saturated carbocycles. The van der Waals surface area contributed by atoms with Crippen LogP contribution in [-0.2, 0) is 10.0 Å². The van der Waals surface area contributed by atoms with Crippen LogP contribution >= 0.6 is 0 Å². The molecule has 2 unspecified atom stereocenters. The number of piperidine rings is 1. The molecule has 4 heterocycles. The number of fused-ring (bicyclic) bond motifs is 2. The van der Waals surface area contributed by atoms with Crippen molar-refractivity contribution in [3.8, 4) is 11.1 Å². The first kappa shape index (κ1) is 32.0. The fourth-order valence-electron chi connectivity index (χ4n) is 7.21. The van der Waals surface area contributed by atoms with E-state index >= 15 is 0 Å². The quantitative estimate of drug-likeness (QED) is 0.194. The molecule has 9 nitrogen and oxygen atoms in total. The van der Waals surface area contributed by atoms with Gasteiger partial charge in [-0.15, -0.1) is 0 Å². The van der Waals surface area contributed by atoms with Crippen molar-refractivity contribution in [2.75, 3.05) is 34.2 Å². The van der Waals surface area contributed by atoms with Crippen LogP contribution in [0.3, 0.4) is 0 Å². The summed E-state index contributed by atoms with van der Waals surface area (Å²) < 4.78 is 31.6. The zero-order chi connectivity index (χ0) is 33.8. The van der Waals surface area contributed by atoms with E-state index in [1.54, 1.807) is 45.5 Å². The van der Waals surface area contributed by atoms with Crippen molar-refractivity contribution in [1.82, 2.24) is 28.3 Å². The van der Waals surface area contributed by atoms with Gasteiger partial charge in [0.25, 0.3) is 5.91 Å². The van der Waals surface area contributed by atoms with Crippen molar-refractivity contribution in [3.63, 3.8) is 0 Å². The van der Waals surface area contributed by atoms with Gasteiger partial charge in [-0.1, -0.05) is 36.4 Å². The number of benzene rings is 2. The van der Waals surface area contributed by atoms with Crippen LogP contribution in [-0.4, -0.2) is 81.6 Å². The van der Waals surface area contributed by atoms with Crippen LogP contribution in [0.2, 0.25) is 0 Å². The van der Waals surface area contributed by atoms with Gasteiger partial charge in [0.2, 0.25) is 10.0 Å². The average Bonchev–Trinajstić information content (AvgIpc) is 3.70. The molecule has 5 aromatic rings. The molecule has 0 N–H and O–H groups in total. The van der Waals surface area contributed by atoms with E-state index in [4.69, 9.17) is 4.98 Å². The van der Waals surface area contributed by atoms with E-state index in [1.165, 1.54) is 21.7 Å². The van der Waals surface area contributed by atoms with Crippen molar-refractivity contribution in [2.45, 2.75) is 43.9 Å². The zero-order valence-corrected chi connectivity index (χ0v) is 29.0. The first-order valence-electron chi connectivity index (χ1n) is 16.5. The predicted molar refractivity (Wildman–Crippen MR) is 192 cm³/mol. The van der Waals surface area contributed by atoms with Crippen LogP contribution in [0.4, 0.5) is 0 Å². The number of hydrogen-bond donors (Lipinski definition) is 0. The van der Waals surface area contributed by atoms with Crippen molar-refractivity contribution < 1.29 is 13.2 Å². The van der Waals surface area contributed by atoms with E-state index in [-0.39, 0.29) is 5.91 Å². The Morgan fingerprint density at radius 3 is 2.48 bits per heavy atom. The highest BCUT2D eigenvalue weighted by molar-refractivity contribution is 7.91. The standard InChI is InChI=1S/C38H42N6O3S/c1-26(27-16-20-42(5)21-17-27)43-25-40-34-22-30(14-15-35(34)43)31-8-6-18-38(2,23-31)48(46,47)44-24-33(32-9-7-19-39-36(32)44)28-10-12-29(13-11-28)37(45)41(3)4/h6-15,19,22-27H,16-18,20-21H2,1-5H3. The number of carbonyl (C=O) groups excluding carboxylic acids is 1. The normalized spacial score (nSPS) is 19.9. The van der Waals surface area contributed by atoms with Gasteiger partial charge < -0.3 is 14.4 Å². The van der Waals surface area contributed by atoms with Crippen LogP contribution in [0.25, 0.3) is 38.8 Å². The number of carbonyl (C=O) groups is 1. The molecule has 48 heavy (non-hydrogen) atoms. The number of likely N-dealkylation sites (tertiary alicyclic amines) is 1. The topological polar surface area (TPSA) is 93.3 Å². The second kappa shape index (κ2) is 12.2. The van der Waals surface area contributed by atoms with Gasteiger partial charge in [0, 0.05) is 49.0 Å². The summed E-state index contributed by atoms with van der Waals surface area (Å²) in [6.07, 6.45) is 13.7. The summed E-state index contributed by atoms with van der Waals surface area (Å²) in [5.41, 5.74) is 6.25. The summed E-state index contributed by atoms with van der Waals surface area (Å²) in [5.74, 6) is 0.517. The van der Waals surface area contributed by atoms with Crippen LogP contribution in [0.5, 0.6) is 0 Å². The summed E-state index contributed by atoms with van der Waals surface area (Å²) in [6, 6.07) is 17.5. The summed E-state index contributed by atoms with van der Waals surface area (Å²) in [4.78, 5) is 25.7. The second-order valence-corrected chi connectivity index (χ2v) is 16.0. The number of pyridine rings is 1. The van der Waals surface area contributed by atoms with E-state index in [1.807, 2.05) is 48.8 Å². The van der Waals surface area contributed by atoms with E-state index in [0.717, 1.165) is 51.8 Å². The van der Waals surface area contributed by atoms with E-state index in [0.29, 0.717) is 29.6 Å². The third kappa shape index (κ3) is 5.46. The third-order valence-electron chi connectivity index (χ3n) is 10.3. The van der Waals surface area contributed by atoms with Gasteiger partial charge in [0.1, 0.15) is 4.75 Å². The molecule has 1 fully saturated rings. The number of aromatic nitrogens is 4. The minimum Gasteiger partial charge on any atom is -0.345 e. The van der Waals surface area contributed by atoms with E-state index < -0.39 is 14.8 Å². The molecule has 0 radical (unpaired) electrons. The molecular weight excluding hydrogens is 621 g/mol. The minimum atomic E-state index is -3.97. The van der Waals surface area contributed by atoms with Gasteiger partial charge in [-0.05, 0) is 112 Å². The van der Waals surface area contributed by atoms with Crippen molar-refractivity contribution in [2.24, 2.45) is 5.92 Å². The lowest BCUT2D eigenvalue weighted by Gasteiger charge is -2.33. The average molecular weight is 663 g/mol. The van der Waals surface area contributed by atoms with Crippen LogP contribution in [0, 0.1) is 5.92 Å². The zero-order valence-electron chi connectivity index (χ0n) is 28.2. The number of hydrogen-bond acceptors (Lipinski definition) is 6. The van der Waals surface area contributed by atoms with Crippen molar-refractivity contribution >= 4 is 43.6 Å². The molecule has 1 aliphatic carbocycles. The second-order valence-electron chi connectivity index (χ2n) is 13.8. The summed E-state index contributed by atoms with van der Waals surface area (Å²) in [6.45, 7) is 6.31. The van der Waals surface area contributed by atoms with Crippen LogP contribution in [0.15, 0.2) is 91.5 Å². The molecule has 10 heteroatoms. The van der Waals surface area contributed by atoms with Gasteiger partial charge in [0.15, 0.2) is 5.65 Å². The maximum Gasteiger partial charge on any atom is 0.253 e. The third-order valence-corrected chi connectivity index (χ3v) is 12.6. The monoisotopic (exact) mass is 662 g/mol. The Hall–Kier alpha value is -4.54. The van der Waals surface area contributed by atoms with Gasteiger partial charge in [-0.2, -0.15) is 0 Å². The first-order chi connectivity index (χ1) is 23.0. The number of allylic oxidation sites excluding steroid dienone is 3. The van der Waals surface area contributed by atoms with Gasteiger partial charge in [0.05, 0.1) is 17.4 Å². The molecule has 0 bridgehead atoms. The highest BCUT2D eigenvalue weighted by atomic mass is 32.2. The van der Waals surface area contributed by atoms with Gasteiger partial charge in [-0.25, -0.2) is 22.4 Å². The number of nitrogens with zero attached hydrogens (tertiary/aromatic N) is 6. The van der Waals surface area contributed by atoms with Crippen LogP contribution < -0.4 is 0 Å². The molecule has 2 aliphatic rings. The van der Waals surface area contributed by atoms with E-state index in [9.17, 15) is 13.2 Å². The fourth-order valence-corrected chi connectivity index (χ4v) is 8.86. The van der Waals surface area contributed by atoms with Gasteiger partial charge in [-0.3, -0.25) is 4.79 Å². The van der Waals surface area contributed by atoms with Crippen molar-refractivity contribution in [3.05, 3.63) is 103 Å². The Kier molecular flexibility index (Phi) is 8.12. The first-order valence-corrected chi connectivity index (χ1v) is 18.0.